The van der Waals surface area contributed by atoms with Crippen LogP contribution in [0.25, 0.3) is 5.65 Å². The van der Waals surface area contributed by atoms with Gasteiger partial charge in [0, 0.05) is 24.5 Å². The molecule has 27 heavy (non-hydrogen) atoms. The van der Waals surface area contributed by atoms with Crippen LogP contribution in [0.1, 0.15) is 49.8 Å². The van der Waals surface area contributed by atoms with Gasteiger partial charge in [-0.05, 0) is 31.0 Å². The number of fused-ring (bicyclic) bond motifs is 1. The van der Waals surface area contributed by atoms with Crippen LogP contribution in [0.4, 0.5) is 5.82 Å². The van der Waals surface area contributed by atoms with E-state index >= 15 is 0 Å². The van der Waals surface area contributed by atoms with Gasteiger partial charge in [-0.1, -0.05) is 20.8 Å². The molecule has 1 saturated heterocycles. The number of nitrogens with one attached hydrogen (secondary N) is 1. The van der Waals surface area contributed by atoms with E-state index in [2.05, 4.69) is 41.4 Å². The number of likely N-dealkylation sites (tertiary alicyclic amines) is 1. The lowest BCUT2D eigenvalue weighted by molar-refractivity contribution is 0.0717. The minimum atomic E-state index is -0.135. The number of carbonyl (C=O) groups excluding carboxylic acids is 1. The van der Waals surface area contributed by atoms with Gasteiger partial charge in [0.05, 0.1) is 11.8 Å². The van der Waals surface area contributed by atoms with Crippen LogP contribution in [0, 0.1) is 0 Å². The number of aromatic nitrogens is 4. The van der Waals surface area contributed by atoms with Crippen LogP contribution in [-0.2, 0) is 5.41 Å². The quantitative estimate of drug-likeness (QED) is 0.765. The SMILES string of the molecule is CC(C)(C)c1nnc2ccc(NC3CCN(C(=O)c4ccoc4)CC3)nn12. The fourth-order valence-electron chi connectivity index (χ4n) is 3.34. The first kappa shape index (κ1) is 17.5. The number of anilines is 1. The van der Waals surface area contributed by atoms with Gasteiger partial charge in [0.15, 0.2) is 11.5 Å². The Hall–Kier alpha value is -2.90. The molecule has 1 N–H and O–H groups in total. The van der Waals surface area contributed by atoms with E-state index in [0.29, 0.717) is 18.7 Å². The smallest absolute Gasteiger partial charge is 0.257 e. The highest BCUT2D eigenvalue weighted by molar-refractivity contribution is 5.93. The molecule has 8 heteroatoms. The minimum absolute atomic E-state index is 0.0288. The normalized spacial score (nSPS) is 16.0. The molecule has 0 unspecified atom stereocenters. The average Bonchev–Trinajstić information content (AvgIpc) is 3.31. The lowest BCUT2D eigenvalue weighted by Crippen LogP contribution is -2.42. The van der Waals surface area contributed by atoms with Gasteiger partial charge in [0.1, 0.15) is 12.1 Å². The summed E-state index contributed by atoms with van der Waals surface area (Å²) >= 11 is 0. The summed E-state index contributed by atoms with van der Waals surface area (Å²) in [6.45, 7) is 7.71. The van der Waals surface area contributed by atoms with Crippen molar-refractivity contribution in [2.75, 3.05) is 18.4 Å². The highest BCUT2D eigenvalue weighted by atomic mass is 16.3. The van der Waals surface area contributed by atoms with Crippen LogP contribution in [0.3, 0.4) is 0 Å². The molecule has 1 amide bonds. The standard InChI is InChI=1S/C19H24N6O2/c1-19(2,3)18-22-21-16-5-4-15(23-25(16)18)20-14-6-9-24(10-7-14)17(26)13-8-11-27-12-13/h4-5,8,11-12,14H,6-7,9-10H2,1-3H3,(H,20,23). The second kappa shape index (κ2) is 6.68. The Kier molecular flexibility index (Phi) is 4.33. The average molecular weight is 368 g/mol. The Morgan fingerprint density at radius 3 is 2.63 bits per heavy atom. The lowest BCUT2D eigenvalue weighted by Gasteiger charge is -2.32. The molecule has 1 fully saturated rings. The van der Waals surface area contributed by atoms with Crippen molar-refractivity contribution in [1.29, 1.82) is 0 Å². The van der Waals surface area contributed by atoms with Gasteiger partial charge in [-0.3, -0.25) is 4.79 Å². The molecule has 0 saturated carbocycles. The van der Waals surface area contributed by atoms with Gasteiger partial charge in [-0.2, -0.15) is 4.52 Å². The summed E-state index contributed by atoms with van der Waals surface area (Å²) < 4.78 is 6.81. The lowest BCUT2D eigenvalue weighted by atomic mass is 9.96. The van der Waals surface area contributed by atoms with Crippen molar-refractivity contribution in [3.05, 3.63) is 42.1 Å². The molecule has 3 aromatic rings. The summed E-state index contributed by atoms with van der Waals surface area (Å²) in [4.78, 5) is 14.3. The molecule has 1 aliphatic heterocycles. The maximum absolute atomic E-state index is 12.4. The van der Waals surface area contributed by atoms with E-state index in [4.69, 9.17) is 4.42 Å². The molecule has 0 bridgehead atoms. The monoisotopic (exact) mass is 368 g/mol. The summed E-state index contributed by atoms with van der Waals surface area (Å²) in [6.07, 6.45) is 4.77. The molecule has 0 aliphatic carbocycles. The number of nitrogens with zero attached hydrogens (tertiary/aromatic N) is 5. The molecule has 3 aromatic heterocycles. The summed E-state index contributed by atoms with van der Waals surface area (Å²) in [7, 11) is 0. The van der Waals surface area contributed by atoms with Gasteiger partial charge in [-0.15, -0.1) is 15.3 Å². The fraction of sp³-hybridized carbons (Fsp3) is 0.474. The second-order valence-corrected chi connectivity index (χ2v) is 7.99. The van der Waals surface area contributed by atoms with Gasteiger partial charge < -0.3 is 14.6 Å². The van der Waals surface area contributed by atoms with E-state index in [9.17, 15) is 4.79 Å². The van der Waals surface area contributed by atoms with Crippen molar-refractivity contribution in [1.82, 2.24) is 24.7 Å². The zero-order valence-electron chi connectivity index (χ0n) is 15.8. The van der Waals surface area contributed by atoms with Gasteiger partial charge >= 0.3 is 0 Å². The van der Waals surface area contributed by atoms with Crippen LogP contribution >= 0.6 is 0 Å². The summed E-state index contributed by atoms with van der Waals surface area (Å²) in [5, 5.41) is 16.6. The van der Waals surface area contributed by atoms with E-state index in [1.165, 1.54) is 12.5 Å². The van der Waals surface area contributed by atoms with Crippen LogP contribution in [0.2, 0.25) is 0 Å². The van der Waals surface area contributed by atoms with E-state index in [1.54, 1.807) is 10.6 Å². The van der Waals surface area contributed by atoms with Crippen molar-refractivity contribution < 1.29 is 9.21 Å². The number of carbonyl (C=O) groups is 1. The van der Waals surface area contributed by atoms with E-state index in [1.807, 2.05) is 17.0 Å². The third-order valence-electron chi connectivity index (χ3n) is 4.84. The van der Waals surface area contributed by atoms with E-state index in [0.717, 1.165) is 30.1 Å². The predicted octanol–water partition coefficient (Wildman–Crippen LogP) is 2.73. The minimum Gasteiger partial charge on any atom is -0.472 e. The Bertz CT molecular complexity index is 933. The van der Waals surface area contributed by atoms with Crippen LogP contribution in [0.15, 0.2) is 35.1 Å². The molecule has 0 spiro atoms. The molecule has 142 valence electrons. The third-order valence-corrected chi connectivity index (χ3v) is 4.84. The van der Waals surface area contributed by atoms with Gasteiger partial charge in [0.25, 0.3) is 5.91 Å². The largest absolute Gasteiger partial charge is 0.472 e. The zero-order chi connectivity index (χ0) is 19.0. The number of piperidine rings is 1. The summed E-state index contributed by atoms with van der Waals surface area (Å²) in [6, 6.07) is 5.84. The molecule has 4 heterocycles. The number of amides is 1. The van der Waals surface area contributed by atoms with Crippen molar-refractivity contribution in [2.24, 2.45) is 0 Å². The second-order valence-electron chi connectivity index (χ2n) is 7.99. The maximum Gasteiger partial charge on any atom is 0.257 e. The molecule has 0 radical (unpaired) electrons. The van der Waals surface area contributed by atoms with Crippen molar-refractivity contribution >= 4 is 17.4 Å². The summed E-state index contributed by atoms with van der Waals surface area (Å²) in [5.74, 6) is 1.66. The first-order valence-electron chi connectivity index (χ1n) is 9.23. The molecule has 4 rings (SSSR count). The molecule has 0 aromatic carbocycles. The van der Waals surface area contributed by atoms with Crippen LogP contribution in [-0.4, -0.2) is 49.7 Å². The number of furan rings is 1. The van der Waals surface area contributed by atoms with Gasteiger partial charge in [0.2, 0.25) is 0 Å². The topological polar surface area (TPSA) is 88.6 Å². The summed E-state index contributed by atoms with van der Waals surface area (Å²) in [5.41, 5.74) is 1.21. The Morgan fingerprint density at radius 1 is 1.19 bits per heavy atom. The van der Waals surface area contributed by atoms with E-state index < -0.39 is 0 Å². The first-order valence-corrected chi connectivity index (χ1v) is 9.23. The zero-order valence-corrected chi connectivity index (χ0v) is 15.8. The maximum atomic E-state index is 12.4. The highest BCUT2D eigenvalue weighted by Crippen LogP contribution is 2.22. The Labute approximate surface area is 157 Å². The van der Waals surface area contributed by atoms with Gasteiger partial charge in [-0.25, -0.2) is 0 Å². The fourth-order valence-corrected chi connectivity index (χ4v) is 3.34. The van der Waals surface area contributed by atoms with Crippen molar-refractivity contribution in [3.8, 4) is 0 Å². The van der Waals surface area contributed by atoms with Crippen LogP contribution in [0.5, 0.6) is 0 Å². The number of hydrogen-bond donors (Lipinski definition) is 1. The Balaban J connectivity index is 1.42. The Morgan fingerprint density at radius 2 is 1.96 bits per heavy atom. The molecular weight excluding hydrogens is 344 g/mol. The third kappa shape index (κ3) is 3.51. The first-order chi connectivity index (χ1) is 12.9. The number of hydrogen-bond acceptors (Lipinski definition) is 6. The van der Waals surface area contributed by atoms with Crippen molar-refractivity contribution in [2.45, 2.75) is 45.1 Å². The van der Waals surface area contributed by atoms with E-state index in [-0.39, 0.29) is 17.4 Å². The number of rotatable bonds is 3. The molecule has 1 aliphatic rings. The van der Waals surface area contributed by atoms with Crippen molar-refractivity contribution in [3.63, 3.8) is 0 Å². The highest BCUT2D eigenvalue weighted by Gasteiger charge is 2.25. The molecular formula is C19H24N6O2. The van der Waals surface area contributed by atoms with Crippen LogP contribution < -0.4 is 5.32 Å². The molecule has 8 nitrogen and oxygen atoms in total. The molecule has 0 atom stereocenters. The predicted molar refractivity (Wildman–Crippen MR) is 101 cm³/mol.